The molecule has 4 rings (SSSR count). The largest absolute Gasteiger partial charge is 0.459 e. The van der Waals surface area contributed by atoms with Gasteiger partial charge in [-0.2, -0.15) is 4.99 Å². The second kappa shape index (κ2) is 9.81. The molecule has 0 atom stereocenters. The van der Waals surface area contributed by atoms with E-state index in [0.29, 0.717) is 37.9 Å². The van der Waals surface area contributed by atoms with Gasteiger partial charge >= 0.3 is 6.03 Å². The van der Waals surface area contributed by atoms with Crippen LogP contribution in [0.1, 0.15) is 16.1 Å². The van der Waals surface area contributed by atoms with Crippen LogP contribution in [0.5, 0.6) is 0 Å². The standard InChI is InChI=1S/C22H24N8O3/c23-20(24)28-22(32)27-12-15-3-1-4-16(11-15)17-13-25-21(26-14-17)30-8-6-29(7-9-30)19(31)18-5-2-10-33-18/h1-5,10-11,13-14H,6-9,12H2,(H5,23,24,27,28,32). The molecule has 5 N–H and O–H groups in total. The van der Waals surface area contributed by atoms with Crippen molar-refractivity contribution >= 4 is 23.8 Å². The van der Waals surface area contributed by atoms with Crippen LogP contribution in [0.3, 0.4) is 0 Å². The maximum Gasteiger partial charge on any atom is 0.344 e. The third kappa shape index (κ3) is 5.45. The SMILES string of the molecule is NC(N)=NC(=O)NCc1cccc(-c2cnc(N3CCN(C(=O)c4ccco4)CC3)nc2)c1. The average molecular weight is 448 g/mol. The first-order chi connectivity index (χ1) is 16.0. The number of aliphatic imine (C=N–C) groups is 1. The van der Waals surface area contributed by atoms with Gasteiger partial charge in [-0.25, -0.2) is 14.8 Å². The molecule has 1 aromatic carbocycles. The minimum absolute atomic E-state index is 0.106. The molecule has 1 saturated heterocycles. The van der Waals surface area contributed by atoms with Gasteiger partial charge in [0.05, 0.1) is 6.26 Å². The molecule has 0 saturated carbocycles. The summed E-state index contributed by atoms with van der Waals surface area (Å²) in [5, 5.41) is 2.62. The molecular formula is C22H24N8O3. The van der Waals surface area contributed by atoms with Gasteiger partial charge in [0.15, 0.2) is 11.7 Å². The fraction of sp³-hybridized carbons (Fsp3) is 0.227. The van der Waals surface area contributed by atoms with Gasteiger partial charge in [-0.1, -0.05) is 18.2 Å². The number of nitrogens with zero attached hydrogens (tertiary/aromatic N) is 5. The Labute approximate surface area is 190 Å². The summed E-state index contributed by atoms with van der Waals surface area (Å²) in [5.41, 5.74) is 13.0. The number of nitrogens with two attached hydrogens (primary N) is 2. The number of rotatable bonds is 5. The fourth-order valence-electron chi connectivity index (χ4n) is 3.49. The van der Waals surface area contributed by atoms with Gasteiger partial charge in [0.2, 0.25) is 5.95 Å². The van der Waals surface area contributed by atoms with E-state index in [1.807, 2.05) is 29.2 Å². The Kier molecular flexibility index (Phi) is 6.48. The van der Waals surface area contributed by atoms with Crippen molar-refractivity contribution in [2.24, 2.45) is 16.5 Å². The van der Waals surface area contributed by atoms with E-state index < -0.39 is 6.03 Å². The highest BCUT2D eigenvalue weighted by Gasteiger charge is 2.24. The number of carbonyl (C=O) groups excluding carboxylic acids is 2. The number of furan rings is 1. The highest BCUT2D eigenvalue weighted by atomic mass is 16.3. The van der Waals surface area contributed by atoms with Crippen LogP contribution >= 0.6 is 0 Å². The molecule has 33 heavy (non-hydrogen) atoms. The van der Waals surface area contributed by atoms with Crippen molar-refractivity contribution < 1.29 is 14.0 Å². The van der Waals surface area contributed by atoms with Crippen LogP contribution in [0.2, 0.25) is 0 Å². The van der Waals surface area contributed by atoms with Crippen molar-refractivity contribution in [2.45, 2.75) is 6.54 Å². The molecule has 1 fully saturated rings. The van der Waals surface area contributed by atoms with Crippen molar-refractivity contribution in [3.63, 3.8) is 0 Å². The number of aromatic nitrogens is 2. The van der Waals surface area contributed by atoms with Gasteiger partial charge in [-0.05, 0) is 29.3 Å². The van der Waals surface area contributed by atoms with Gasteiger partial charge in [0, 0.05) is 50.7 Å². The summed E-state index contributed by atoms with van der Waals surface area (Å²) < 4.78 is 5.20. The van der Waals surface area contributed by atoms with Gasteiger partial charge in [0.1, 0.15) is 0 Å². The summed E-state index contributed by atoms with van der Waals surface area (Å²) in [6.45, 7) is 2.69. The number of hydrogen-bond acceptors (Lipinski definition) is 6. The molecule has 2 aromatic heterocycles. The van der Waals surface area contributed by atoms with E-state index in [2.05, 4.69) is 20.3 Å². The summed E-state index contributed by atoms with van der Waals surface area (Å²) in [7, 11) is 0. The number of benzene rings is 1. The predicted octanol–water partition coefficient (Wildman–Crippen LogP) is 1.18. The minimum atomic E-state index is -0.598. The van der Waals surface area contributed by atoms with Crippen LogP contribution in [0.4, 0.5) is 10.7 Å². The van der Waals surface area contributed by atoms with E-state index in [1.54, 1.807) is 29.4 Å². The van der Waals surface area contributed by atoms with Crippen molar-refractivity contribution in [3.05, 3.63) is 66.4 Å². The highest BCUT2D eigenvalue weighted by molar-refractivity contribution is 5.91. The lowest BCUT2D eigenvalue weighted by molar-refractivity contribution is 0.0714. The first-order valence-electron chi connectivity index (χ1n) is 10.4. The highest BCUT2D eigenvalue weighted by Crippen LogP contribution is 2.21. The van der Waals surface area contributed by atoms with Crippen molar-refractivity contribution in [1.82, 2.24) is 20.2 Å². The lowest BCUT2D eigenvalue weighted by Crippen LogP contribution is -2.49. The van der Waals surface area contributed by atoms with Crippen LogP contribution in [0.25, 0.3) is 11.1 Å². The van der Waals surface area contributed by atoms with E-state index in [-0.39, 0.29) is 18.4 Å². The van der Waals surface area contributed by atoms with Crippen LogP contribution < -0.4 is 21.7 Å². The van der Waals surface area contributed by atoms with Crippen molar-refractivity contribution in [2.75, 3.05) is 31.1 Å². The molecule has 0 spiro atoms. The molecule has 1 aliphatic rings. The molecular weight excluding hydrogens is 424 g/mol. The van der Waals surface area contributed by atoms with E-state index in [1.165, 1.54) is 6.26 Å². The molecule has 3 amide bonds. The number of guanidine groups is 1. The number of urea groups is 1. The monoisotopic (exact) mass is 448 g/mol. The van der Waals surface area contributed by atoms with Crippen LogP contribution in [0, 0.1) is 0 Å². The van der Waals surface area contributed by atoms with E-state index in [9.17, 15) is 9.59 Å². The van der Waals surface area contributed by atoms with E-state index in [4.69, 9.17) is 15.9 Å². The molecule has 3 aromatic rings. The molecule has 170 valence electrons. The fourth-order valence-corrected chi connectivity index (χ4v) is 3.49. The molecule has 11 heteroatoms. The summed E-state index contributed by atoms with van der Waals surface area (Å²) in [4.78, 5) is 40.2. The van der Waals surface area contributed by atoms with Gasteiger partial charge < -0.3 is 31.0 Å². The van der Waals surface area contributed by atoms with Crippen LogP contribution in [-0.4, -0.2) is 58.9 Å². The molecule has 3 heterocycles. The molecule has 1 aliphatic heterocycles. The van der Waals surface area contributed by atoms with E-state index in [0.717, 1.165) is 16.7 Å². The normalized spacial score (nSPS) is 13.5. The summed E-state index contributed by atoms with van der Waals surface area (Å²) in [6, 6.07) is 10.4. The maximum atomic E-state index is 12.4. The van der Waals surface area contributed by atoms with Crippen LogP contribution in [0.15, 0.2) is 64.5 Å². The lowest BCUT2D eigenvalue weighted by Gasteiger charge is -2.34. The number of anilines is 1. The first-order valence-corrected chi connectivity index (χ1v) is 10.4. The van der Waals surface area contributed by atoms with Crippen LogP contribution in [-0.2, 0) is 6.54 Å². The zero-order valence-electron chi connectivity index (χ0n) is 17.8. The van der Waals surface area contributed by atoms with Gasteiger partial charge in [-0.3, -0.25) is 4.79 Å². The molecule has 0 radical (unpaired) electrons. The number of piperazine rings is 1. The predicted molar refractivity (Wildman–Crippen MR) is 122 cm³/mol. The van der Waals surface area contributed by atoms with Gasteiger partial charge in [0.25, 0.3) is 5.91 Å². The number of nitrogens with one attached hydrogen (secondary N) is 1. The topological polar surface area (TPSA) is 156 Å². The summed E-state index contributed by atoms with van der Waals surface area (Å²) in [5.74, 6) is 0.570. The number of amides is 3. The zero-order valence-corrected chi connectivity index (χ0v) is 17.8. The molecule has 11 nitrogen and oxygen atoms in total. The Balaban J connectivity index is 1.35. The second-order valence-electron chi connectivity index (χ2n) is 7.42. The summed E-state index contributed by atoms with van der Waals surface area (Å²) >= 11 is 0. The number of hydrogen-bond donors (Lipinski definition) is 3. The maximum absolute atomic E-state index is 12.4. The smallest absolute Gasteiger partial charge is 0.344 e. The lowest BCUT2D eigenvalue weighted by atomic mass is 10.1. The first kappa shape index (κ1) is 21.8. The molecule has 0 unspecified atom stereocenters. The Morgan fingerprint density at radius 2 is 1.79 bits per heavy atom. The third-order valence-electron chi connectivity index (χ3n) is 5.15. The van der Waals surface area contributed by atoms with Crippen molar-refractivity contribution in [3.8, 4) is 11.1 Å². The zero-order chi connectivity index (χ0) is 23.2. The van der Waals surface area contributed by atoms with E-state index >= 15 is 0 Å². The minimum Gasteiger partial charge on any atom is -0.459 e. The quantitative estimate of drug-likeness (QED) is 0.388. The Hall–Kier alpha value is -4.41. The Morgan fingerprint density at radius 1 is 1.03 bits per heavy atom. The molecule has 0 bridgehead atoms. The Bertz CT molecular complexity index is 1130. The van der Waals surface area contributed by atoms with Crippen molar-refractivity contribution in [1.29, 1.82) is 0 Å². The third-order valence-corrected chi connectivity index (χ3v) is 5.15. The summed E-state index contributed by atoms with van der Waals surface area (Å²) in [6.07, 6.45) is 5.02. The average Bonchev–Trinajstić information content (AvgIpc) is 3.37. The number of carbonyl (C=O) groups is 2. The second-order valence-corrected chi connectivity index (χ2v) is 7.42. The Morgan fingerprint density at radius 3 is 2.45 bits per heavy atom. The molecule has 0 aliphatic carbocycles. The van der Waals surface area contributed by atoms with Gasteiger partial charge in [-0.15, -0.1) is 0 Å².